The molecule has 0 radical (unpaired) electrons. The Hall–Kier alpha value is -1.78. The predicted octanol–water partition coefficient (Wildman–Crippen LogP) is 1.87. The molecule has 0 aliphatic carbocycles. The summed E-state index contributed by atoms with van der Waals surface area (Å²) in [6, 6.07) is 0. The van der Waals surface area contributed by atoms with Crippen LogP contribution in [0, 0.1) is 0 Å². The highest BCUT2D eigenvalue weighted by Crippen LogP contribution is 2.30. The molecular formula is C11H17N3O2. The minimum Gasteiger partial charge on any atom is -0.489 e. The molecule has 0 aliphatic heterocycles. The van der Waals surface area contributed by atoms with Gasteiger partial charge in [0, 0.05) is 7.05 Å². The van der Waals surface area contributed by atoms with Crippen molar-refractivity contribution in [3.63, 3.8) is 0 Å². The van der Waals surface area contributed by atoms with Crippen molar-refractivity contribution in [1.29, 1.82) is 0 Å². The monoisotopic (exact) mass is 223 g/mol. The highest BCUT2D eigenvalue weighted by molar-refractivity contribution is 5.54. The van der Waals surface area contributed by atoms with Gasteiger partial charge in [-0.1, -0.05) is 6.08 Å². The van der Waals surface area contributed by atoms with Gasteiger partial charge in [-0.05, 0) is 12.8 Å². The molecule has 1 rings (SSSR count). The minimum absolute atomic E-state index is 0.464. The van der Waals surface area contributed by atoms with Gasteiger partial charge in [-0.3, -0.25) is 0 Å². The van der Waals surface area contributed by atoms with Gasteiger partial charge in [-0.15, -0.1) is 6.58 Å². The summed E-state index contributed by atoms with van der Waals surface area (Å²) in [4.78, 5) is 8.06. The van der Waals surface area contributed by atoms with Gasteiger partial charge in [-0.25, -0.2) is 4.98 Å². The number of rotatable bonds is 7. The summed E-state index contributed by atoms with van der Waals surface area (Å²) in [6.45, 7) is 4.24. The van der Waals surface area contributed by atoms with Crippen molar-refractivity contribution in [1.82, 2.24) is 9.97 Å². The zero-order valence-corrected chi connectivity index (χ0v) is 9.69. The third-order valence-corrected chi connectivity index (χ3v) is 2.00. The van der Waals surface area contributed by atoms with Gasteiger partial charge in [-0.2, -0.15) is 4.98 Å². The lowest BCUT2D eigenvalue weighted by molar-refractivity contribution is 0.278. The van der Waals surface area contributed by atoms with Crippen LogP contribution >= 0.6 is 0 Å². The molecule has 0 aromatic carbocycles. The molecule has 0 bridgehead atoms. The number of allylic oxidation sites excluding steroid dienone is 1. The number of nitrogens with zero attached hydrogens (tertiary/aromatic N) is 2. The molecule has 0 saturated carbocycles. The fourth-order valence-corrected chi connectivity index (χ4v) is 1.22. The first-order valence-electron chi connectivity index (χ1n) is 5.14. The van der Waals surface area contributed by atoms with Crippen LogP contribution in [0.2, 0.25) is 0 Å². The van der Waals surface area contributed by atoms with Crippen LogP contribution in [0.4, 0.5) is 5.82 Å². The predicted molar refractivity (Wildman–Crippen MR) is 63.1 cm³/mol. The number of ether oxygens (including phenoxy) is 2. The van der Waals surface area contributed by atoms with E-state index in [0.717, 1.165) is 12.8 Å². The molecule has 1 heterocycles. The van der Waals surface area contributed by atoms with Crippen molar-refractivity contribution in [2.45, 2.75) is 12.8 Å². The Bertz CT molecular complexity index is 342. The molecule has 1 N–H and O–H groups in total. The maximum Gasteiger partial charge on any atom is 0.262 e. The lowest BCUT2D eigenvalue weighted by atomic mass is 10.3. The molecular weight excluding hydrogens is 206 g/mol. The quantitative estimate of drug-likeness (QED) is 0.565. The number of hydrogen-bond acceptors (Lipinski definition) is 5. The summed E-state index contributed by atoms with van der Waals surface area (Å²) in [7, 11) is 3.34. The molecule has 5 nitrogen and oxygen atoms in total. The Morgan fingerprint density at radius 2 is 2.31 bits per heavy atom. The molecule has 88 valence electrons. The zero-order chi connectivity index (χ0) is 11.8. The number of anilines is 1. The fourth-order valence-electron chi connectivity index (χ4n) is 1.22. The average Bonchev–Trinajstić information content (AvgIpc) is 2.34. The summed E-state index contributed by atoms with van der Waals surface area (Å²) in [5, 5.41) is 2.92. The Balaban J connectivity index is 2.67. The van der Waals surface area contributed by atoms with Crippen molar-refractivity contribution >= 4 is 5.82 Å². The van der Waals surface area contributed by atoms with E-state index in [9.17, 15) is 0 Å². The molecule has 0 spiro atoms. The van der Waals surface area contributed by atoms with Gasteiger partial charge in [0.05, 0.1) is 13.7 Å². The molecule has 1 aromatic heterocycles. The summed E-state index contributed by atoms with van der Waals surface area (Å²) >= 11 is 0. The van der Waals surface area contributed by atoms with Gasteiger partial charge >= 0.3 is 0 Å². The van der Waals surface area contributed by atoms with Crippen LogP contribution < -0.4 is 14.8 Å². The van der Waals surface area contributed by atoms with Crippen LogP contribution in [0.15, 0.2) is 19.0 Å². The Morgan fingerprint density at radius 1 is 1.50 bits per heavy atom. The third-order valence-electron chi connectivity index (χ3n) is 2.00. The van der Waals surface area contributed by atoms with Gasteiger partial charge in [0.25, 0.3) is 5.88 Å². The van der Waals surface area contributed by atoms with Crippen molar-refractivity contribution in [2.75, 3.05) is 26.1 Å². The van der Waals surface area contributed by atoms with Crippen LogP contribution in [-0.2, 0) is 0 Å². The second-order valence-electron chi connectivity index (χ2n) is 3.09. The van der Waals surface area contributed by atoms with E-state index in [1.165, 1.54) is 6.33 Å². The van der Waals surface area contributed by atoms with Crippen LogP contribution in [0.25, 0.3) is 0 Å². The highest BCUT2D eigenvalue weighted by Gasteiger charge is 2.11. The molecule has 0 aliphatic rings. The minimum atomic E-state index is 0.464. The first-order valence-corrected chi connectivity index (χ1v) is 5.14. The Kier molecular flexibility index (Phi) is 5.11. The van der Waals surface area contributed by atoms with Gasteiger partial charge in [0.1, 0.15) is 6.33 Å². The molecule has 5 heteroatoms. The van der Waals surface area contributed by atoms with E-state index < -0.39 is 0 Å². The largest absolute Gasteiger partial charge is 0.489 e. The van der Waals surface area contributed by atoms with E-state index in [1.807, 2.05) is 6.08 Å². The van der Waals surface area contributed by atoms with Gasteiger partial charge in [0.2, 0.25) is 5.75 Å². The van der Waals surface area contributed by atoms with Gasteiger partial charge < -0.3 is 14.8 Å². The van der Waals surface area contributed by atoms with Crippen LogP contribution in [0.3, 0.4) is 0 Å². The van der Waals surface area contributed by atoms with E-state index in [-0.39, 0.29) is 0 Å². The van der Waals surface area contributed by atoms with E-state index >= 15 is 0 Å². The van der Waals surface area contributed by atoms with E-state index in [1.54, 1.807) is 14.2 Å². The molecule has 16 heavy (non-hydrogen) atoms. The SMILES string of the molecule is C=CCCCOc1ncnc(NC)c1OC. The van der Waals surface area contributed by atoms with Crippen LogP contribution in [-0.4, -0.2) is 30.7 Å². The maximum absolute atomic E-state index is 5.51. The van der Waals surface area contributed by atoms with Crippen molar-refractivity contribution in [2.24, 2.45) is 0 Å². The van der Waals surface area contributed by atoms with Gasteiger partial charge in [0.15, 0.2) is 5.82 Å². The first-order chi connectivity index (χ1) is 7.83. The standard InChI is InChI=1S/C11H17N3O2/c1-4-5-6-7-16-11-9(15-3)10(12-2)13-8-14-11/h4,8H,1,5-7H2,2-3H3,(H,12,13,14). The van der Waals surface area contributed by atoms with Crippen molar-refractivity contribution < 1.29 is 9.47 Å². The normalized spacial score (nSPS) is 9.62. The number of aromatic nitrogens is 2. The van der Waals surface area contributed by atoms with E-state index in [2.05, 4.69) is 21.9 Å². The number of methoxy groups -OCH3 is 1. The molecule has 1 aromatic rings. The Morgan fingerprint density at radius 3 is 2.94 bits per heavy atom. The second kappa shape index (κ2) is 6.66. The average molecular weight is 223 g/mol. The lowest BCUT2D eigenvalue weighted by Crippen LogP contribution is -2.04. The van der Waals surface area contributed by atoms with E-state index in [4.69, 9.17) is 9.47 Å². The van der Waals surface area contributed by atoms with Crippen LogP contribution in [0.5, 0.6) is 11.6 Å². The van der Waals surface area contributed by atoms with E-state index in [0.29, 0.717) is 24.1 Å². The number of nitrogens with one attached hydrogen (secondary N) is 1. The summed E-state index contributed by atoms with van der Waals surface area (Å²) < 4.78 is 10.7. The number of hydrogen-bond donors (Lipinski definition) is 1. The lowest BCUT2D eigenvalue weighted by Gasteiger charge is -2.11. The maximum atomic E-state index is 5.51. The smallest absolute Gasteiger partial charge is 0.262 e. The summed E-state index contributed by atoms with van der Waals surface area (Å²) in [6.07, 6.45) is 5.13. The first kappa shape index (κ1) is 12.3. The summed E-state index contributed by atoms with van der Waals surface area (Å²) in [5.41, 5.74) is 0. The van der Waals surface area contributed by atoms with Crippen LogP contribution in [0.1, 0.15) is 12.8 Å². The fraction of sp³-hybridized carbons (Fsp3) is 0.455. The third kappa shape index (κ3) is 3.12. The Labute approximate surface area is 95.5 Å². The summed E-state index contributed by atoms with van der Waals surface area (Å²) in [5.74, 6) is 1.62. The molecule has 0 amide bonds. The molecule has 0 fully saturated rings. The van der Waals surface area contributed by atoms with Crippen molar-refractivity contribution in [3.05, 3.63) is 19.0 Å². The molecule has 0 atom stereocenters. The highest BCUT2D eigenvalue weighted by atomic mass is 16.5. The zero-order valence-electron chi connectivity index (χ0n) is 9.69. The number of unbranched alkanes of at least 4 members (excludes halogenated alkanes) is 1. The van der Waals surface area contributed by atoms with Crippen molar-refractivity contribution in [3.8, 4) is 11.6 Å². The molecule has 0 saturated heterocycles. The molecule has 0 unspecified atom stereocenters. The second-order valence-corrected chi connectivity index (χ2v) is 3.09. The topological polar surface area (TPSA) is 56.3 Å².